The molecule has 1 aromatic carbocycles. The fourth-order valence-electron chi connectivity index (χ4n) is 0.701. The van der Waals surface area contributed by atoms with Gasteiger partial charge >= 0.3 is 5.97 Å². The number of halogens is 1. The molecule has 2 nitrogen and oxygen atoms in total. The Balaban J connectivity index is 2.63. The molecule has 0 fully saturated rings. The Morgan fingerprint density at radius 1 is 1.50 bits per heavy atom. The fraction of sp³-hybridized carbons (Fsp3) is 0.125. The van der Waals surface area contributed by atoms with E-state index in [-0.39, 0.29) is 11.6 Å². The summed E-state index contributed by atoms with van der Waals surface area (Å²) in [7, 11) is 0. The minimum Gasteiger partial charge on any atom is -0.481 e. The third kappa shape index (κ3) is 2.54. The van der Waals surface area contributed by atoms with Gasteiger partial charge in [0.05, 0.1) is 5.75 Å². The summed E-state index contributed by atoms with van der Waals surface area (Å²) < 4.78 is 12.8. The molecule has 0 unspecified atom stereocenters. The Kier molecular flexibility index (Phi) is 3.10. The average Bonchev–Trinajstić information content (AvgIpc) is 2.03. The van der Waals surface area contributed by atoms with E-state index < -0.39 is 5.97 Å². The monoisotopic (exact) mass is 186 g/mol. The number of rotatable bonds is 3. The summed E-state index contributed by atoms with van der Waals surface area (Å²) in [6, 6.07) is 6.11. The SMILES string of the molecule is O=C(O)CSc1ccccc1F. The Hall–Kier alpha value is -1.03. The summed E-state index contributed by atoms with van der Waals surface area (Å²) in [5, 5.41) is 8.32. The van der Waals surface area contributed by atoms with Crippen molar-refractivity contribution < 1.29 is 14.3 Å². The quantitative estimate of drug-likeness (QED) is 0.733. The van der Waals surface area contributed by atoms with Crippen molar-refractivity contribution in [2.45, 2.75) is 4.90 Å². The van der Waals surface area contributed by atoms with E-state index in [0.717, 1.165) is 11.8 Å². The number of carboxylic acid groups (broad SMARTS) is 1. The lowest BCUT2D eigenvalue weighted by atomic mass is 10.3. The lowest BCUT2D eigenvalue weighted by molar-refractivity contribution is -0.133. The van der Waals surface area contributed by atoms with Gasteiger partial charge in [-0.05, 0) is 12.1 Å². The molecule has 12 heavy (non-hydrogen) atoms. The van der Waals surface area contributed by atoms with Crippen molar-refractivity contribution in [3.63, 3.8) is 0 Å². The van der Waals surface area contributed by atoms with Gasteiger partial charge in [-0.3, -0.25) is 4.79 Å². The van der Waals surface area contributed by atoms with Crippen molar-refractivity contribution in [1.82, 2.24) is 0 Å². The summed E-state index contributed by atoms with van der Waals surface area (Å²) in [4.78, 5) is 10.5. The van der Waals surface area contributed by atoms with E-state index in [4.69, 9.17) is 5.11 Å². The molecule has 1 N–H and O–H groups in total. The molecule has 0 bridgehead atoms. The zero-order valence-corrected chi connectivity index (χ0v) is 6.97. The zero-order chi connectivity index (χ0) is 8.97. The maximum atomic E-state index is 12.8. The molecule has 0 heterocycles. The van der Waals surface area contributed by atoms with Crippen LogP contribution in [0.25, 0.3) is 0 Å². The summed E-state index contributed by atoms with van der Waals surface area (Å²) in [5.74, 6) is -1.42. The van der Waals surface area contributed by atoms with E-state index in [2.05, 4.69) is 0 Å². The highest BCUT2D eigenvalue weighted by Gasteiger charge is 2.03. The third-order valence-corrected chi connectivity index (χ3v) is 2.22. The molecule has 0 spiro atoms. The van der Waals surface area contributed by atoms with E-state index in [1.54, 1.807) is 18.2 Å². The molecular formula is C8H7FO2S. The first-order valence-electron chi connectivity index (χ1n) is 3.29. The number of carbonyl (C=O) groups is 1. The van der Waals surface area contributed by atoms with Crippen molar-refractivity contribution in [2.75, 3.05) is 5.75 Å². The van der Waals surface area contributed by atoms with Crippen LogP contribution >= 0.6 is 11.8 Å². The average molecular weight is 186 g/mol. The lowest BCUT2D eigenvalue weighted by Gasteiger charge is -1.98. The molecule has 0 radical (unpaired) electrons. The van der Waals surface area contributed by atoms with Crippen LogP contribution in [0.4, 0.5) is 4.39 Å². The predicted octanol–water partition coefficient (Wildman–Crippen LogP) is 2.00. The first-order chi connectivity index (χ1) is 5.70. The van der Waals surface area contributed by atoms with Gasteiger partial charge in [0.1, 0.15) is 5.82 Å². The molecule has 0 saturated carbocycles. The highest BCUT2D eigenvalue weighted by molar-refractivity contribution is 8.00. The summed E-state index contributed by atoms with van der Waals surface area (Å²) >= 11 is 0.981. The molecule has 64 valence electrons. The van der Waals surface area contributed by atoms with Gasteiger partial charge in [-0.1, -0.05) is 12.1 Å². The van der Waals surface area contributed by atoms with Crippen LogP contribution in [0.2, 0.25) is 0 Å². The van der Waals surface area contributed by atoms with Crippen molar-refractivity contribution in [3.05, 3.63) is 30.1 Å². The molecule has 0 atom stereocenters. The summed E-state index contributed by atoms with van der Waals surface area (Å²) in [6.45, 7) is 0. The molecule has 0 aliphatic rings. The predicted molar refractivity (Wildman–Crippen MR) is 44.8 cm³/mol. The van der Waals surface area contributed by atoms with Crippen LogP contribution in [-0.2, 0) is 4.79 Å². The van der Waals surface area contributed by atoms with Crippen molar-refractivity contribution in [3.8, 4) is 0 Å². The van der Waals surface area contributed by atoms with Gasteiger partial charge in [-0.2, -0.15) is 0 Å². The molecule has 0 amide bonds. The number of hydrogen-bond acceptors (Lipinski definition) is 2. The molecule has 4 heteroatoms. The number of carboxylic acids is 1. The van der Waals surface area contributed by atoms with Crippen LogP contribution in [-0.4, -0.2) is 16.8 Å². The Morgan fingerprint density at radius 2 is 2.17 bits per heavy atom. The lowest BCUT2D eigenvalue weighted by Crippen LogP contribution is -1.97. The second kappa shape index (κ2) is 4.11. The van der Waals surface area contributed by atoms with Gasteiger partial charge in [0.2, 0.25) is 0 Å². The van der Waals surface area contributed by atoms with Crippen LogP contribution in [0.3, 0.4) is 0 Å². The van der Waals surface area contributed by atoms with Gasteiger partial charge in [0, 0.05) is 4.90 Å². The number of thioether (sulfide) groups is 1. The van der Waals surface area contributed by atoms with E-state index in [1.165, 1.54) is 6.07 Å². The standard InChI is InChI=1S/C8H7FO2S/c9-6-3-1-2-4-7(6)12-5-8(10)11/h1-4H,5H2,(H,10,11). The van der Waals surface area contributed by atoms with Gasteiger partial charge in [0.15, 0.2) is 0 Å². The molecule has 1 aromatic rings. The molecule has 1 rings (SSSR count). The second-order valence-electron chi connectivity index (χ2n) is 2.11. The van der Waals surface area contributed by atoms with E-state index >= 15 is 0 Å². The van der Waals surface area contributed by atoms with E-state index in [9.17, 15) is 9.18 Å². The normalized spacial score (nSPS) is 9.75. The molecule has 0 aliphatic carbocycles. The largest absolute Gasteiger partial charge is 0.481 e. The van der Waals surface area contributed by atoms with Crippen LogP contribution in [0.15, 0.2) is 29.2 Å². The second-order valence-corrected chi connectivity index (χ2v) is 3.13. The Morgan fingerprint density at radius 3 is 2.75 bits per heavy atom. The number of aliphatic carboxylic acids is 1. The molecular weight excluding hydrogens is 179 g/mol. The first kappa shape index (κ1) is 9.06. The van der Waals surface area contributed by atoms with Crippen molar-refractivity contribution in [2.24, 2.45) is 0 Å². The van der Waals surface area contributed by atoms with E-state index in [1.807, 2.05) is 0 Å². The van der Waals surface area contributed by atoms with Crippen LogP contribution in [0.5, 0.6) is 0 Å². The van der Waals surface area contributed by atoms with Crippen LogP contribution in [0, 0.1) is 5.82 Å². The molecule has 0 aliphatic heterocycles. The van der Waals surface area contributed by atoms with Gasteiger partial charge < -0.3 is 5.11 Å². The van der Waals surface area contributed by atoms with Gasteiger partial charge in [0.25, 0.3) is 0 Å². The smallest absolute Gasteiger partial charge is 0.313 e. The van der Waals surface area contributed by atoms with Crippen molar-refractivity contribution >= 4 is 17.7 Å². The minimum absolute atomic E-state index is 0.110. The van der Waals surface area contributed by atoms with Crippen molar-refractivity contribution in [1.29, 1.82) is 0 Å². The van der Waals surface area contributed by atoms with E-state index in [0.29, 0.717) is 4.90 Å². The Labute approximate surface area is 73.4 Å². The summed E-state index contributed by atoms with van der Waals surface area (Å²) in [5.41, 5.74) is 0. The fourth-order valence-corrected chi connectivity index (χ4v) is 1.36. The molecule has 0 aromatic heterocycles. The van der Waals surface area contributed by atoms with Crippen LogP contribution < -0.4 is 0 Å². The topological polar surface area (TPSA) is 37.3 Å². The maximum Gasteiger partial charge on any atom is 0.313 e. The Bertz CT molecular complexity index is 288. The van der Waals surface area contributed by atoms with Gasteiger partial charge in [-0.25, -0.2) is 4.39 Å². The number of hydrogen-bond donors (Lipinski definition) is 1. The first-order valence-corrected chi connectivity index (χ1v) is 4.28. The maximum absolute atomic E-state index is 12.8. The van der Waals surface area contributed by atoms with Gasteiger partial charge in [-0.15, -0.1) is 11.8 Å². The number of benzene rings is 1. The zero-order valence-electron chi connectivity index (χ0n) is 6.16. The van der Waals surface area contributed by atoms with Crippen LogP contribution in [0.1, 0.15) is 0 Å². The summed E-state index contributed by atoms with van der Waals surface area (Å²) in [6.07, 6.45) is 0. The third-order valence-electron chi connectivity index (χ3n) is 1.19. The highest BCUT2D eigenvalue weighted by atomic mass is 32.2. The highest BCUT2D eigenvalue weighted by Crippen LogP contribution is 2.20. The minimum atomic E-state index is -0.941. The molecule has 0 saturated heterocycles.